The Morgan fingerprint density at radius 2 is 1.88 bits per heavy atom. The Balaban J connectivity index is 2.85. The second-order valence-electron chi connectivity index (χ2n) is 3.77. The standard InChI is InChI=1S/C11H18FNO2S/c1-3-5-11(4-2)16(14,15)13-8-6-10(12)7-9-13/h3-5,10H,6-9H2,1-2H3. The fourth-order valence-electron chi connectivity index (χ4n) is 1.71. The molecule has 0 aromatic rings. The minimum Gasteiger partial charge on any atom is -0.247 e. The van der Waals surface area contributed by atoms with Gasteiger partial charge in [0.05, 0.1) is 4.91 Å². The van der Waals surface area contributed by atoms with Crippen molar-refractivity contribution in [3.05, 3.63) is 23.1 Å². The van der Waals surface area contributed by atoms with Crippen LogP contribution in [0.25, 0.3) is 0 Å². The molecule has 0 radical (unpaired) electrons. The van der Waals surface area contributed by atoms with Crippen LogP contribution >= 0.6 is 0 Å². The van der Waals surface area contributed by atoms with E-state index in [9.17, 15) is 12.8 Å². The van der Waals surface area contributed by atoms with E-state index in [0.29, 0.717) is 12.8 Å². The van der Waals surface area contributed by atoms with E-state index in [-0.39, 0.29) is 18.0 Å². The van der Waals surface area contributed by atoms with Gasteiger partial charge < -0.3 is 0 Å². The molecule has 0 aliphatic carbocycles. The summed E-state index contributed by atoms with van der Waals surface area (Å²) >= 11 is 0. The second-order valence-corrected chi connectivity index (χ2v) is 5.71. The van der Waals surface area contributed by atoms with Crippen LogP contribution in [-0.4, -0.2) is 32.0 Å². The van der Waals surface area contributed by atoms with Gasteiger partial charge in [-0.1, -0.05) is 12.2 Å². The molecule has 0 bridgehead atoms. The van der Waals surface area contributed by atoms with Gasteiger partial charge in [0, 0.05) is 13.1 Å². The van der Waals surface area contributed by atoms with Crippen molar-refractivity contribution in [2.75, 3.05) is 13.1 Å². The van der Waals surface area contributed by atoms with Crippen molar-refractivity contribution >= 4 is 10.0 Å². The van der Waals surface area contributed by atoms with Crippen LogP contribution in [0.5, 0.6) is 0 Å². The molecule has 92 valence electrons. The first-order valence-electron chi connectivity index (χ1n) is 5.45. The van der Waals surface area contributed by atoms with Crippen LogP contribution < -0.4 is 0 Å². The first-order valence-corrected chi connectivity index (χ1v) is 6.89. The average molecular weight is 247 g/mol. The summed E-state index contributed by atoms with van der Waals surface area (Å²) in [6, 6.07) is 0. The molecule has 0 saturated carbocycles. The van der Waals surface area contributed by atoms with Gasteiger partial charge in [0.2, 0.25) is 10.0 Å². The van der Waals surface area contributed by atoms with Crippen molar-refractivity contribution in [3.63, 3.8) is 0 Å². The van der Waals surface area contributed by atoms with Gasteiger partial charge in [-0.05, 0) is 32.8 Å². The molecule has 0 N–H and O–H groups in total. The Morgan fingerprint density at radius 1 is 1.31 bits per heavy atom. The van der Waals surface area contributed by atoms with Crippen molar-refractivity contribution in [1.82, 2.24) is 4.31 Å². The lowest BCUT2D eigenvalue weighted by atomic mass is 10.1. The number of hydrogen-bond donors (Lipinski definition) is 0. The number of allylic oxidation sites excluding steroid dienone is 3. The monoisotopic (exact) mass is 247 g/mol. The zero-order valence-electron chi connectivity index (χ0n) is 9.69. The maximum absolute atomic E-state index is 12.9. The van der Waals surface area contributed by atoms with Gasteiger partial charge in [-0.2, -0.15) is 4.31 Å². The van der Waals surface area contributed by atoms with Gasteiger partial charge in [-0.25, -0.2) is 12.8 Å². The molecule has 1 aliphatic heterocycles. The summed E-state index contributed by atoms with van der Waals surface area (Å²) < 4.78 is 38.5. The van der Waals surface area contributed by atoms with Gasteiger partial charge in [-0.15, -0.1) is 0 Å². The highest BCUT2D eigenvalue weighted by molar-refractivity contribution is 7.93. The lowest BCUT2D eigenvalue weighted by molar-refractivity contribution is 0.211. The van der Waals surface area contributed by atoms with Crippen LogP contribution in [0.15, 0.2) is 23.1 Å². The number of piperidine rings is 1. The lowest BCUT2D eigenvalue weighted by Crippen LogP contribution is -2.39. The molecule has 0 amide bonds. The molecule has 1 rings (SSSR count). The second kappa shape index (κ2) is 5.59. The highest BCUT2D eigenvalue weighted by Gasteiger charge is 2.29. The van der Waals surface area contributed by atoms with E-state index in [1.807, 2.05) is 0 Å². The SMILES string of the molecule is CC=CC(=CC)S(=O)(=O)N1CCC(F)CC1. The number of nitrogens with zero attached hydrogens (tertiary/aromatic N) is 1. The maximum atomic E-state index is 12.9. The smallest absolute Gasteiger partial charge is 0.242 e. The minimum absolute atomic E-state index is 0.276. The molecule has 0 aromatic carbocycles. The van der Waals surface area contributed by atoms with Crippen molar-refractivity contribution in [1.29, 1.82) is 0 Å². The van der Waals surface area contributed by atoms with Gasteiger partial charge in [-0.3, -0.25) is 0 Å². The zero-order valence-corrected chi connectivity index (χ0v) is 10.5. The number of halogens is 1. The zero-order chi connectivity index (χ0) is 12.2. The van der Waals surface area contributed by atoms with Crippen molar-refractivity contribution in [2.24, 2.45) is 0 Å². The fraction of sp³-hybridized carbons (Fsp3) is 0.636. The molecule has 1 saturated heterocycles. The molecule has 16 heavy (non-hydrogen) atoms. The third-order valence-corrected chi connectivity index (χ3v) is 4.65. The predicted octanol–water partition coefficient (Wildman–Crippen LogP) is 2.23. The highest BCUT2D eigenvalue weighted by atomic mass is 32.2. The molecule has 3 nitrogen and oxygen atoms in total. The summed E-state index contributed by atoms with van der Waals surface area (Å²) in [6.45, 7) is 4.01. The van der Waals surface area contributed by atoms with E-state index in [1.165, 1.54) is 4.31 Å². The topological polar surface area (TPSA) is 37.4 Å². The predicted molar refractivity (Wildman–Crippen MR) is 63.2 cm³/mol. The quantitative estimate of drug-likeness (QED) is 0.717. The molecular weight excluding hydrogens is 229 g/mol. The third-order valence-electron chi connectivity index (χ3n) is 2.64. The van der Waals surface area contributed by atoms with Crippen molar-refractivity contribution in [2.45, 2.75) is 32.9 Å². The summed E-state index contributed by atoms with van der Waals surface area (Å²) in [5.41, 5.74) is 0. The molecule has 0 unspecified atom stereocenters. The third kappa shape index (κ3) is 2.92. The molecule has 1 aliphatic rings. The van der Waals surface area contributed by atoms with Crippen LogP contribution in [0.3, 0.4) is 0 Å². The van der Waals surface area contributed by atoms with Gasteiger partial charge >= 0.3 is 0 Å². The lowest BCUT2D eigenvalue weighted by Gasteiger charge is -2.28. The van der Waals surface area contributed by atoms with E-state index in [4.69, 9.17) is 0 Å². The van der Waals surface area contributed by atoms with E-state index >= 15 is 0 Å². The highest BCUT2D eigenvalue weighted by Crippen LogP contribution is 2.21. The van der Waals surface area contributed by atoms with Crippen LogP contribution in [0.1, 0.15) is 26.7 Å². The summed E-state index contributed by atoms with van der Waals surface area (Å²) in [5, 5.41) is 0. The number of sulfonamides is 1. The van der Waals surface area contributed by atoms with E-state index in [2.05, 4.69) is 0 Å². The Bertz CT molecular complexity index is 379. The summed E-state index contributed by atoms with van der Waals surface area (Å²) in [4.78, 5) is 0.285. The Morgan fingerprint density at radius 3 is 2.31 bits per heavy atom. The molecule has 0 spiro atoms. The van der Waals surface area contributed by atoms with Gasteiger partial charge in [0.15, 0.2) is 0 Å². The number of hydrogen-bond acceptors (Lipinski definition) is 2. The first-order chi connectivity index (χ1) is 7.52. The van der Waals surface area contributed by atoms with Gasteiger partial charge in [0.1, 0.15) is 6.17 Å². The van der Waals surface area contributed by atoms with Crippen LogP contribution in [0.4, 0.5) is 4.39 Å². The summed E-state index contributed by atoms with van der Waals surface area (Å²) in [7, 11) is -3.42. The Labute approximate surface area is 96.7 Å². The van der Waals surface area contributed by atoms with E-state index < -0.39 is 16.2 Å². The molecule has 1 heterocycles. The normalized spacial score (nSPS) is 21.8. The van der Waals surface area contributed by atoms with Crippen molar-refractivity contribution in [3.8, 4) is 0 Å². The largest absolute Gasteiger partial charge is 0.247 e. The maximum Gasteiger partial charge on any atom is 0.242 e. The van der Waals surface area contributed by atoms with Crippen LogP contribution in [-0.2, 0) is 10.0 Å². The minimum atomic E-state index is -3.42. The van der Waals surface area contributed by atoms with Crippen LogP contribution in [0.2, 0.25) is 0 Å². The fourth-order valence-corrected chi connectivity index (χ4v) is 3.30. The van der Waals surface area contributed by atoms with Gasteiger partial charge in [0.25, 0.3) is 0 Å². The Kier molecular flexibility index (Phi) is 4.68. The molecule has 1 fully saturated rings. The Hall–Kier alpha value is -0.680. The summed E-state index contributed by atoms with van der Waals surface area (Å²) in [6.07, 6.45) is 4.56. The van der Waals surface area contributed by atoms with E-state index in [0.717, 1.165) is 0 Å². The number of alkyl halides is 1. The summed E-state index contributed by atoms with van der Waals surface area (Å²) in [5.74, 6) is 0. The molecule has 0 atom stereocenters. The molecular formula is C11H18FNO2S. The van der Waals surface area contributed by atoms with Crippen molar-refractivity contribution < 1.29 is 12.8 Å². The molecule has 0 aromatic heterocycles. The first kappa shape index (κ1) is 13.4. The average Bonchev–Trinajstić information content (AvgIpc) is 2.26. The van der Waals surface area contributed by atoms with E-state index in [1.54, 1.807) is 32.1 Å². The number of rotatable bonds is 3. The van der Waals surface area contributed by atoms with Crippen LogP contribution in [0, 0.1) is 0 Å². The molecule has 5 heteroatoms.